The molecule has 0 unspecified atom stereocenters. The lowest BCUT2D eigenvalue weighted by atomic mass is 10.2. The summed E-state index contributed by atoms with van der Waals surface area (Å²) in [5, 5.41) is 4.45. The molecule has 0 saturated carbocycles. The quantitative estimate of drug-likeness (QED) is 0.945. The standard InChI is InChI=1S/C12H10F3N3OS/c1-2-9-17-8(6-20-9)11(19)18-7-4-3-5-16-10(7)12(13,14)15/h3-6H,2H2,1H3,(H,18,19). The number of halogens is 3. The SMILES string of the molecule is CCc1nc(C(=O)Nc2cccnc2C(F)(F)F)cs1. The number of alkyl halides is 3. The van der Waals surface area contributed by atoms with Crippen molar-refractivity contribution >= 4 is 22.9 Å². The van der Waals surface area contributed by atoms with Gasteiger partial charge in [0.15, 0.2) is 5.69 Å². The van der Waals surface area contributed by atoms with Gasteiger partial charge in [0.05, 0.1) is 10.7 Å². The number of thiazole rings is 1. The summed E-state index contributed by atoms with van der Waals surface area (Å²) in [6, 6.07) is 2.48. The average Bonchev–Trinajstić information content (AvgIpc) is 2.87. The third kappa shape index (κ3) is 3.13. The van der Waals surface area contributed by atoms with Crippen LogP contribution in [0.4, 0.5) is 18.9 Å². The summed E-state index contributed by atoms with van der Waals surface area (Å²) in [6.07, 6.45) is -2.93. The number of hydrogen-bond acceptors (Lipinski definition) is 4. The second kappa shape index (κ2) is 5.58. The molecule has 0 aliphatic rings. The van der Waals surface area contributed by atoms with Crippen LogP contribution >= 0.6 is 11.3 Å². The molecule has 1 amide bonds. The fourth-order valence-corrected chi connectivity index (χ4v) is 2.22. The molecular weight excluding hydrogens is 291 g/mol. The van der Waals surface area contributed by atoms with Crippen molar-refractivity contribution < 1.29 is 18.0 Å². The number of pyridine rings is 1. The normalized spacial score (nSPS) is 11.4. The number of aromatic nitrogens is 2. The Labute approximate surface area is 116 Å². The predicted octanol–water partition coefficient (Wildman–Crippen LogP) is 3.37. The molecule has 2 aromatic rings. The van der Waals surface area contributed by atoms with Gasteiger partial charge in [-0.3, -0.25) is 4.79 Å². The Morgan fingerprint density at radius 2 is 2.20 bits per heavy atom. The van der Waals surface area contributed by atoms with Crippen molar-refractivity contribution in [2.24, 2.45) is 0 Å². The molecule has 4 nitrogen and oxygen atoms in total. The molecule has 0 aliphatic carbocycles. The first-order valence-electron chi connectivity index (χ1n) is 5.69. The molecule has 0 aromatic carbocycles. The van der Waals surface area contributed by atoms with Gasteiger partial charge in [-0.2, -0.15) is 13.2 Å². The Bertz CT molecular complexity index is 624. The second-order valence-corrected chi connectivity index (χ2v) is 4.77. The number of nitrogens with zero attached hydrogens (tertiary/aromatic N) is 2. The number of rotatable bonds is 3. The highest BCUT2D eigenvalue weighted by Crippen LogP contribution is 2.32. The van der Waals surface area contributed by atoms with Crippen LogP contribution in [0.2, 0.25) is 0 Å². The third-order valence-corrected chi connectivity index (χ3v) is 3.40. The molecule has 2 aromatic heterocycles. The van der Waals surface area contributed by atoms with Crippen LogP contribution in [0.25, 0.3) is 0 Å². The number of carbonyl (C=O) groups excluding carboxylic acids is 1. The highest BCUT2D eigenvalue weighted by atomic mass is 32.1. The Morgan fingerprint density at radius 1 is 1.45 bits per heavy atom. The maximum absolute atomic E-state index is 12.7. The highest BCUT2D eigenvalue weighted by molar-refractivity contribution is 7.09. The van der Waals surface area contributed by atoms with Gasteiger partial charge >= 0.3 is 6.18 Å². The molecule has 106 valence electrons. The van der Waals surface area contributed by atoms with E-state index in [2.05, 4.69) is 15.3 Å². The van der Waals surface area contributed by atoms with E-state index in [4.69, 9.17) is 0 Å². The van der Waals surface area contributed by atoms with Crippen LogP contribution in [0.5, 0.6) is 0 Å². The summed E-state index contributed by atoms with van der Waals surface area (Å²) in [5.74, 6) is -0.681. The van der Waals surface area contributed by atoms with Crippen molar-refractivity contribution in [2.45, 2.75) is 19.5 Å². The van der Waals surface area contributed by atoms with Crippen molar-refractivity contribution in [1.29, 1.82) is 0 Å². The first kappa shape index (κ1) is 14.4. The van der Waals surface area contributed by atoms with Crippen molar-refractivity contribution in [1.82, 2.24) is 9.97 Å². The lowest BCUT2D eigenvalue weighted by Gasteiger charge is -2.11. The van der Waals surface area contributed by atoms with E-state index in [1.807, 2.05) is 6.92 Å². The zero-order chi connectivity index (χ0) is 14.8. The number of hydrogen-bond donors (Lipinski definition) is 1. The van der Waals surface area contributed by atoms with E-state index < -0.39 is 17.8 Å². The zero-order valence-corrected chi connectivity index (χ0v) is 11.2. The van der Waals surface area contributed by atoms with E-state index in [-0.39, 0.29) is 11.4 Å². The van der Waals surface area contributed by atoms with Gasteiger partial charge in [-0.1, -0.05) is 6.92 Å². The van der Waals surface area contributed by atoms with Gasteiger partial charge in [-0.15, -0.1) is 11.3 Å². The molecule has 0 spiro atoms. The first-order valence-corrected chi connectivity index (χ1v) is 6.57. The number of anilines is 1. The van der Waals surface area contributed by atoms with Crippen molar-refractivity contribution in [2.75, 3.05) is 5.32 Å². The minimum Gasteiger partial charge on any atom is -0.319 e. The maximum atomic E-state index is 12.7. The summed E-state index contributed by atoms with van der Waals surface area (Å²) in [6.45, 7) is 1.88. The Balaban J connectivity index is 2.24. The van der Waals surface area contributed by atoms with Crippen molar-refractivity contribution in [3.8, 4) is 0 Å². The van der Waals surface area contributed by atoms with E-state index in [1.165, 1.54) is 22.8 Å². The smallest absolute Gasteiger partial charge is 0.319 e. The largest absolute Gasteiger partial charge is 0.435 e. The highest BCUT2D eigenvalue weighted by Gasteiger charge is 2.35. The number of aryl methyl sites for hydroxylation is 1. The molecule has 0 fully saturated rings. The molecule has 0 aliphatic heterocycles. The molecule has 1 N–H and O–H groups in total. The van der Waals surface area contributed by atoms with E-state index >= 15 is 0 Å². The van der Waals surface area contributed by atoms with Crippen LogP contribution in [0.3, 0.4) is 0 Å². The minimum absolute atomic E-state index is 0.101. The van der Waals surface area contributed by atoms with E-state index in [0.29, 0.717) is 6.42 Å². The van der Waals surface area contributed by atoms with Crippen LogP contribution in [0, 0.1) is 0 Å². The number of amides is 1. The third-order valence-electron chi connectivity index (χ3n) is 2.41. The number of nitrogens with one attached hydrogen (secondary N) is 1. The molecule has 8 heteroatoms. The second-order valence-electron chi connectivity index (χ2n) is 3.83. The van der Waals surface area contributed by atoms with E-state index in [0.717, 1.165) is 17.3 Å². The lowest BCUT2D eigenvalue weighted by molar-refractivity contribution is -0.140. The molecule has 0 radical (unpaired) electrons. The molecule has 0 atom stereocenters. The van der Waals surface area contributed by atoms with Gasteiger partial charge in [-0.25, -0.2) is 9.97 Å². The van der Waals surface area contributed by atoms with Crippen LogP contribution in [0.15, 0.2) is 23.7 Å². The van der Waals surface area contributed by atoms with Gasteiger partial charge in [0.1, 0.15) is 5.69 Å². The lowest BCUT2D eigenvalue weighted by Crippen LogP contribution is -2.18. The van der Waals surface area contributed by atoms with Crippen LogP contribution in [-0.2, 0) is 12.6 Å². The Kier molecular flexibility index (Phi) is 4.03. The van der Waals surface area contributed by atoms with Gasteiger partial charge in [-0.05, 0) is 18.6 Å². The van der Waals surface area contributed by atoms with Gasteiger partial charge in [0, 0.05) is 11.6 Å². The fraction of sp³-hybridized carbons (Fsp3) is 0.250. The first-order chi connectivity index (χ1) is 9.41. The predicted molar refractivity (Wildman–Crippen MR) is 68.7 cm³/mol. The summed E-state index contributed by atoms with van der Waals surface area (Å²) in [4.78, 5) is 19.1. The molecule has 20 heavy (non-hydrogen) atoms. The summed E-state index contributed by atoms with van der Waals surface area (Å²) < 4.78 is 38.2. The van der Waals surface area contributed by atoms with Gasteiger partial charge in [0.2, 0.25) is 0 Å². The monoisotopic (exact) mass is 301 g/mol. The maximum Gasteiger partial charge on any atom is 0.435 e. The Morgan fingerprint density at radius 3 is 2.80 bits per heavy atom. The van der Waals surface area contributed by atoms with Crippen LogP contribution in [-0.4, -0.2) is 15.9 Å². The van der Waals surface area contributed by atoms with Gasteiger partial charge < -0.3 is 5.32 Å². The minimum atomic E-state index is -4.62. The summed E-state index contributed by atoms with van der Waals surface area (Å²) >= 11 is 1.29. The zero-order valence-electron chi connectivity index (χ0n) is 10.4. The molecule has 0 saturated heterocycles. The molecule has 0 bridgehead atoms. The molecular formula is C12H10F3N3OS. The van der Waals surface area contributed by atoms with Crippen molar-refractivity contribution in [3.63, 3.8) is 0 Å². The topological polar surface area (TPSA) is 54.9 Å². The van der Waals surface area contributed by atoms with E-state index in [9.17, 15) is 18.0 Å². The van der Waals surface area contributed by atoms with Crippen molar-refractivity contribution in [3.05, 3.63) is 40.1 Å². The summed E-state index contributed by atoms with van der Waals surface area (Å²) in [7, 11) is 0. The molecule has 2 heterocycles. The average molecular weight is 301 g/mol. The van der Waals surface area contributed by atoms with Crippen LogP contribution in [0.1, 0.15) is 28.1 Å². The van der Waals surface area contributed by atoms with Crippen LogP contribution < -0.4 is 5.32 Å². The van der Waals surface area contributed by atoms with E-state index in [1.54, 1.807) is 0 Å². The Hall–Kier alpha value is -1.96. The van der Waals surface area contributed by atoms with Gasteiger partial charge in [0.25, 0.3) is 5.91 Å². The summed E-state index contributed by atoms with van der Waals surface area (Å²) in [5.41, 5.74) is -1.40. The number of carbonyl (C=O) groups is 1. The molecule has 2 rings (SSSR count). The fourth-order valence-electron chi connectivity index (χ4n) is 1.50.